The van der Waals surface area contributed by atoms with Crippen LogP contribution >= 0.6 is 0 Å². The van der Waals surface area contributed by atoms with E-state index in [4.69, 9.17) is 4.74 Å². The highest BCUT2D eigenvalue weighted by atomic mass is 32.2. The first kappa shape index (κ1) is 22.1. The minimum atomic E-state index is -3.41. The Morgan fingerprint density at radius 3 is 2.20 bits per heavy atom. The number of ether oxygens (including phenoxy) is 1. The van der Waals surface area contributed by atoms with Gasteiger partial charge in [0, 0.05) is 45.0 Å². The second-order valence-electron chi connectivity index (χ2n) is 7.65. The summed E-state index contributed by atoms with van der Waals surface area (Å²) in [6.07, 6.45) is 1.95. The lowest BCUT2D eigenvalue weighted by Gasteiger charge is -2.33. The third kappa shape index (κ3) is 5.12. The zero-order valence-electron chi connectivity index (χ0n) is 17.7. The van der Waals surface area contributed by atoms with Crippen LogP contribution in [0.25, 0.3) is 0 Å². The van der Waals surface area contributed by atoms with Crippen LogP contribution in [0.15, 0.2) is 53.4 Å². The maximum Gasteiger partial charge on any atom is 0.251 e. The SMILES string of the molecule is COc1ccc(C(=O)NCC2CCN(c3ccc(S(=O)(=O)N(C)C)cc3)CC2)cc1. The third-order valence-corrected chi connectivity index (χ3v) is 7.33. The van der Waals surface area contributed by atoms with Gasteiger partial charge in [-0.15, -0.1) is 0 Å². The van der Waals surface area contributed by atoms with Crippen molar-refractivity contribution < 1.29 is 17.9 Å². The summed E-state index contributed by atoms with van der Waals surface area (Å²) >= 11 is 0. The number of benzene rings is 2. The molecule has 0 unspecified atom stereocenters. The fourth-order valence-electron chi connectivity index (χ4n) is 3.52. The fourth-order valence-corrected chi connectivity index (χ4v) is 4.42. The van der Waals surface area contributed by atoms with Crippen LogP contribution in [0.3, 0.4) is 0 Å². The Bertz CT molecular complexity index is 949. The van der Waals surface area contributed by atoms with E-state index in [1.807, 2.05) is 12.1 Å². The molecule has 0 aromatic heterocycles. The van der Waals surface area contributed by atoms with E-state index in [-0.39, 0.29) is 5.91 Å². The van der Waals surface area contributed by atoms with Crippen molar-refractivity contribution in [2.75, 3.05) is 45.7 Å². The molecule has 2 aromatic carbocycles. The largest absolute Gasteiger partial charge is 0.497 e. The number of methoxy groups -OCH3 is 1. The van der Waals surface area contributed by atoms with E-state index in [0.29, 0.717) is 22.9 Å². The van der Waals surface area contributed by atoms with Gasteiger partial charge in [-0.1, -0.05) is 0 Å². The molecule has 3 rings (SSSR count). The molecule has 1 amide bonds. The molecular formula is C22H29N3O4S. The first-order chi connectivity index (χ1) is 14.3. The summed E-state index contributed by atoms with van der Waals surface area (Å²) in [6.45, 7) is 2.41. The van der Waals surface area contributed by atoms with Crippen LogP contribution in [0.5, 0.6) is 5.75 Å². The topological polar surface area (TPSA) is 79.0 Å². The average molecular weight is 432 g/mol. The van der Waals surface area contributed by atoms with Gasteiger partial charge in [0.2, 0.25) is 10.0 Å². The van der Waals surface area contributed by atoms with Gasteiger partial charge in [-0.05, 0) is 67.3 Å². The quantitative estimate of drug-likeness (QED) is 0.729. The Morgan fingerprint density at radius 1 is 1.07 bits per heavy atom. The van der Waals surface area contributed by atoms with Crippen molar-refractivity contribution in [2.24, 2.45) is 5.92 Å². The average Bonchev–Trinajstić information content (AvgIpc) is 2.78. The predicted octanol–water partition coefficient (Wildman–Crippen LogP) is 2.59. The number of rotatable bonds is 7. The lowest BCUT2D eigenvalue weighted by atomic mass is 9.96. The predicted molar refractivity (Wildman–Crippen MR) is 118 cm³/mol. The molecule has 2 aromatic rings. The summed E-state index contributed by atoms with van der Waals surface area (Å²) in [7, 11) is 1.25. The number of piperidine rings is 1. The standard InChI is InChI=1S/C22H29N3O4S/c1-24(2)30(27,28)21-10-6-19(7-11-21)25-14-12-17(13-15-25)16-23-22(26)18-4-8-20(29-3)9-5-18/h4-11,17H,12-16H2,1-3H3,(H,23,26). The van der Waals surface area contributed by atoms with Crippen LogP contribution in [0.4, 0.5) is 5.69 Å². The maximum atomic E-state index is 12.3. The molecule has 0 radical (unpaired) electrons. The highest BCUT2D eigenvalue weighted by Crippen LogP contribution is 2.25. The molecule has 1 aliphatic heterocycles. The van der Waals surface area contributed by atoms with Gasteiger partial charge in [-0.25, -0.2) is 12.7 Å². The highest BCUT2D eigenvalue weighted by molar-refractivity contribution is 7.89. The van der Waals surface area contributed by atoms with Crippen molar-refractivity contribution in [1.82, 2.24) is 9.62 Å². The van der Waals surface area contributed by atoms with Crippen LogP contribution in [-0.4, -0.2) is 59.5 Å². The molecule has 162 valence electrons. The number of anilines is 1. The molecule has 0 saturated carbocycles. The monoisotopic (exact) mass is 431 g/mol. The highest BCUT2D eigenvalue weighted by Gasteiger charge is 2.22. The molecular weight excluding hydrogens is 402 g/mol. The van der Waals surface area contributed by atoms with E-state index in [1.54, 1.807) is 43.5 Å². The van der Waals surface area contributed by atoms with E-state index in [2.05, 4.69) is 10.2 Å². The first-order valence-electron chi connectivity index (χ1n) is 10.0. The summed E-state index contributed by atoms with van der Waals surface area (Å²) in [5.41, 5.74) is 1.65. The van der Waals surface area contributed by atoms with Crippen LogP contribution < -0.4 is 15.0 Å². The smallest absolute Gasteiger partial charge is 0.251 e. The normalized spacial score (nSPS) is 15.3. The lowest BCUT2D eigenvalue weighted by Crippen LogP contribution is -2.38. The van der Waals surface area contributed by atoms with Gasteiger partial charge in [-0.3, -0.25) is 4.79 Å². The van der Waals surface area contributed by atoms with Crippen LogP contribution in [0.1, 0.15) is 23.2 Å². The molecule has 0 bridgehead atoms. The minimum Gasteiger partial charge on any atom is -0.497 e. The van der Waals surface area contributed by atoms with Gasteiger partial charge in [-0.2, -0.15) is 0 Å². The van der Waals surface area contributed by atoms with Crippen molar-refractivity contribution in [2.45, 2.75) is 17.7 Å². The lowest BCUT2D eigenvalue weighted by molar-refractivity contribution is 0.0945. The van der Waals surface area contributed by atoms with Crippen molar-refractivity contribution >= 4 is 21.6 Å². The van der Waals surface area contributed by atoms with Gasteiger partial charge in [0.25, 0.3) is 5.91 Å². The number of carbonyl (C=O) groups excluding carboxylic acids is 1. The Hall–Kier alpha value is -2.58. The number of nitrogens with zero attached hydrogens (tertiary/aromatic N) is 2. The van der Waals surface area contributed by atoms with E-state index >= 15 is 0 Å². The molecule has 0 atom stereocenters. The first-order valence-corrected chi connectivity index (χ1v) is 11.4. The summed E-state index contributed by atoms with van der Waals surface area (Å²) < 4.78 is 30.7. The number of hydrogen-bond acceptors (Lipinski definition) is 5. The Balaban J connectivity index is 1.49. The number of hydrogen-bond donors (Lipinski definition) is 1. The van der Waals surface area contributed by atoms with Crippen molar-refractivity contribution in [3.05, 3.63) is 54.1 Å². The summed E-state index contributed by atoms with van der Waals surface area (Å²) in [6, 6.07) is 14.1. The van der Waals surface area contributed by atoms with E-state index in [1.165, 1.54) is 18.4 Å². The number of carbonyl (C=O) groups is 1. The molecule has 0 aliphatic carbocycles. The Morgan fingerprint density at radius 2 is 1.67 bits per heavy atom. The number of amides is 1. The molecule has 1 fully saturated rings. The second-order valence-corrected chi connectivity index (χ2v) is 9.80. The fraction of sp³-hybridized carbons (Fsp3) is 0.409. The summed E-state index contributed by atoms with van der Waals surface area (Å²) in [5.74, 6) is 1.08. The molecule has 30 heavy (non-hydrogen) atoms. The minimum absolute atomic E-state index is 0.0715. The summed E-state index contributed by atoms with van der Waals surface area (Å²) in [5, 5.41) is 3.03. The summed E-state index contributed by atoms with van der Waals surface area (Å²) in [4.78, 5) is 14.9. The third-order valence-electron chi connectivity index (χ3n) is 5.50. The van der Waals surface area contributed by atoms with E-state index in [0.717, 1.165) is 37.4 Å². The van der Waals surface area contributed by atoms with Crippen LogP contribution in [0, 0.1) is 5.92 Å². The van der Waals surface area contributed by atoms with Crippen LogP contribution in [0.2, 0.25) is 0 Å². The Labute approximate surface area is 178 Å². The molecule has 1 N–H and O–H groups in total. The molecule has 1 aliphatic rings. The maximum absolute atomic E-state index is 12.3. The number of nitrogens with one attached hydrogen (secondary N) is 1. The van der Waals surface area contributed by atoms with Crippen LogP contribution in [-0.2, 0) is 10.0 Å². The number of sulfonamides is 1. The molecule has 1 saturated heterocycles. The van der Waals surface area contributed by atoms with Gasteiger partial charge < -0.3 is 15.0 Å². The van der Waals surface area contributed by atoms with Crippen molar-refractivity contribution in [1.29, 1.82) is 0 Å². The van der Waals surface area contributed by atoms with E-state index < -0.39 is 10.0 Å². The van der Waals surface area contributed by atoms with Crippen molar-refractivity contribution in [3.63, 3.8) is 0 Å². The zero-order chi connectivity index (χ0) is 21.7. The Kier molecular flexibility index (Phi) is 6.99. The second kappa shape index (κ2) is 9.49. The van der Waals surface area contributed by atoms with Gasteiger partial charge in [0.1, 0.15) is 5.75 Å². The molecule has 7 nitrogen and oxygen atoms in total. The van der Waals surface area contributed by atoms with Crippen molar-refractivity contribution in [3.8, 4) is 5.75 Å². The van der Waals surface area contributed by atoms with E-state index in [9.17, 15) is 13.2 Å². The van der Waals surface area contributed by atoms with Gasteiger partial charge in [0.15, 0.2) is 0 Å². The molecule has 1 heterocycles. The van der Waals surface area contributed by atoms with Gasteiger partial charge in [0.05, 0.1) is 12.0 Å². The molecule has 8 heteroatoms. The van der Waals surface area contributed by atoms with Gasteiger partial charge >= 0.3 is 0 Å². The zero-order valence-corrected chi connectivity index (χ0v) is 18.5. The molecule has 0 spiro atoms.